The molecule has 5 heteroatoms. The van der Waals surface area contributed by atoms with Gasteiger partial charge in [0.05, 0.1) is 0 Å². The van der Waals surface area contributed by atoms with E-state index in [-0.39, 0.29) is 17.3 Å². The van der Waals surface area contributed by atoms with Crippen LogP contribution in [0.1, 0.15) is 58.3 Å². The minimum absolute atomic E-state index is 0.0608. The summed E-state index contributed by atoms with van der Waals surface area (Å²) in [5.41, 5.74) is 4.83. The molecule has 2 aliphatic rings. The number of oxime groups is 1. The molecule has 2 fully saturated rings. The molecule has 18 heavy (non-hydrogen) atoms. The van der Waals surface area contributed by atoms with E-state index >= 15 is 0 Å². The largest absolute Gasteiger partial charge is 0.409 e. The summed E-state index contributed by atoms with van der Waals surface area (Å²) in [7, 11) is 0. The first-order valence-electron chi connectivity index (χ1n) is 6.83. The van der Waals surface area contributed by atoms with Gasteiger partial charge in [0.15, 0.2) is 5.84 Å². The maximum Gasteiger partial charge on any atom is 0.234 e. The summed E-state index contributed by atoms with van der Waals surface area (Å²) >= 11 is 0. The van der Waals surface area contributed by atoms with E-state index in [1.54, 1.807) is 0 Å². The predicted octanol–water partition coefficient (Wildman–Crippen LogP) is 1.74. The fraction of sp³-hybridized carbons (Fsp3) is 0.846. The molecule has 2 aliphatic carbocycles. The molecule has 0 spiro atoms. The molecule has 0 saturated heterocycles. The first-order valence-corrected chi connectivity index (χ1v) is 6.83. The van der Waals surface area contributed by atoms with Gasteiger partial charge < -0.3 is 16.3 Å². The summed E-state index contributed by atoms with van der Waals surface area (Å²) in [5, 5.41) is 15.0. The summed E-state index contributed by atoms with van der Waals surface area (Å²) in [5.74, 6) is -0.000825. The first-order chi connectivity index (χ1) is 8.52. The lowest BCUT2D eigenvalue weighted by Gasteiger charge is -2.43. The third kappa shape index (κ3) is 2.18. The summed E-state index contributed by atoms with van der Waals surface area (Å²) in [6.07, 6.45) is 7.93. The van der Waals surface area contributed by atoms with E-state index in [0.717, 1.165) is 32.1 Å². The Labute approximate surface area is 108 Å². The molecule has 0 aromatic rings. The van der Waals surface area contributed by atoms with Gasteiger partial charge in [-0.15, -0.1) is 0 Å². The number of nitrogens with zero attached hydrogens (tertiary/aromatic N) is 1. The number of nitrogens with one attached hydrogen (secondary N) is 1. The number of hydrogen-bond donors (Lipinski definition) is 3. The van der Waals surface area contributed by atoms with Crippen molar-refractivity contribution in [2.75, 3.05) is 0 Å². The second kappa shape index (κ2) is 4.78. The van der Waals surface area contributed by atoms with E-state index in [1.807, 2.05) is 0 Å². The zero-order valence-corrected chi connectivity index (χ0v) is 11.0. The van der Waals surface area contributed by atoms with Crippen LogP contribution in [0.5, 0.6) is 0 Å². The topological polar surface area (TPSA) is 87.7 Å². The Balaban J connectivity index is 2.06. The minimum atomic E-state index is -0.755. The van der Waals surface area contributed by atoms with Crippen molar-refractivity contribution in [2.45, 2.75) is 63.8 Å². The van der Waals surface area contributed by atoms with Gasteiger partial charge >= 0.3 is 0 Å². The number of hydrogen-bond acceptors (Lipinski definition) is 3. The zero-order chi connectivity index (χ0) is 13.2. The Morgan fingerprint density at radius 2 is 1.78 bits per heavy atom. The highest BCUT2D eigenvalue weighted by Gasteiger charge is 2.49. The maximum absolute atomic E-state index is 12.4. The highest BCUT2D eigenvalue weighted by Crippen LogP contribution is 2.42. The third-order valence-electron chi connectivity index (χ3n) is 4.61. The average molecular weight is 253 g/mol. The SMILES string of the molecule is CC1(NC(=O)C2(C(N)=NO)CCC2)CCCCC1. The molecular formula is C13H23N3O2. The molecule has 0 aromatic carbocycles. The molecule has 2 rings (SSSR count). The number of nitrogens with two attached hydrogens (primary N) is 1. The van der Waals surface area contributed by atoms with Crippen LogP contribution >= 0.6 is 0 Å². The monoisotopic (exact) mass is 253 g/mol. The van der Waals surface area contributed by atoms with Crippen LogP contribution in [0, 0.1) is 5.41 Å². The number of amidine groups is 1. The van der Waals surface area contributed by atoms with Crippen LogP contribution in [-0.4, -0.2) is 22.5 Å². The zero-order valence-electron chi connectivity index (χ0n) is 11.0. The van der Waals surface area contributed by atoms with Crippen molar-refractivity contribution < 1.29 is 10.0 Å². The Morgan fingerprint density at radius 1 is 1.17 bits per heavy atom. The number of amides is 1. The van der Waals surface area contributed by atoms with Crippen LogP contribution in [0.3, 0.4) is 0 Å². The highest BCUT2D eigenvalue weighted by atomic mass is 16.4. The van der Waals surface area contributed by atoms with Gasteiger partial charge in [0.1, 0.15) is 5.41 Å². The predicted molar refractivity (Wildman–Crippen MR) is 69.3 cm³/mol. The average Bonchev–Trinajstić information content (AvgIpc) is 2.27. The Hall–Kier alpha value is -1.26. The standard InChI is InChI=1S/C13H23N3O2/c1-12(6-3-2-4-7-12)15-11(17)13(8-5-9-13)10(14)16-18/h18H,2-9H2,1H3,(H2,14,16)(H,15,17). The molecule has 0 bridgehead atoms. The van der Waals surface area contributed by atoms with E-state index in [0.29, 0.717) is 12.8 Å². The van der Waals surface area contributed by atoms with Crippen LogP contribution in [0.25, 0.3) is 0 Å². The molecule has 0 atom stereocenters. The van der Waals surface area contributed by atoms with E-state index in [4.69, 9.17) is 10.9 Å². The molecule has 1 amide bonds. The lowest BCUT2D eigenvalue weighted by atomic mass is 9.66. The van der Waals surface area contributed by atoms with E-state index in [2.05, 4.69) is 17.4 Å². The van der Waals surface area contributed by atoms with Gasteiger partial charge in [-0.1, -0.05) is 30.8 Å². The molecule has 2 saturated carbocycles. The molecule has 0 unspecified atom stereocenters. The van der Waals surface area contributed by atoms with Crippen molar-refractivity contribution in [3.63, 3.8) is 0 Å². The number of rotatable bonds is 3. The van der Waals surface area contributed by atoms with Crippen LogP contribution in [-0.2, 0) is 4.79 Å². The quantitative estimate of drug-likeness (QED) is 0.310. The van der Waals surface area contributed by atoms with Gasteiger partial charge in [-0.05, 0) is 32.6 Å². The van der Waals surface area contributed by atoms with Crippen molar-refractivity contribution >= 4 is 11.7 Å². The van der Waals surface area contributed by atoms with Crippen LogP contribution in [0.2, 0.25) is 0 Å². The molecule has 0 aliphatic heterocycles. The van der Waals surface area contributed by atoms with Gasteiger partial charge in [-0.2, -0.15) is 0 Å². The number of carbonyl (C=O) groups excluding carboxylic acids is 1. The van der Waals surface area contributed by atoms with E-state index in [9.17, 15) is 4.79 Å². The maximum atomic E-state index is 12.4. The van der Waals surface area contributed by atoms with Crippen LogP contribution < -0.4 is 11.1 Å². The normalized spacial score (nSPS) is 26.2. The van der Waals surface area contributed by atoms with Crippen molar-refractivity contribution in [1.29, 1.82) is 0 Å². The lowest BCUT2D eigenvalue weighted by Crippen LogP contribution is -2.59. The molecule has 0 radical (unpaired) electrons. The van der Waals surface area contributed by atoms with Crippen molar-refractivity contribution in [3.05, 3.63) is 0 Å². The van der Waals surface area contributed by atoms with Gasteiger partial charge in [0, 0.05) is 5.54 Å². The smallest absolute Gasteiger partial charge is 0.234 e. The first kappa shape index (κ1) is 13.2. The molecule has 102 valence electrons. The second-order valence-electron chi connectivity index (χ2n) is 6.00. The minimum Gasteiger partial charge on any atom is -0.409 e. The van der Waals surface area contributed by atoms with E-state index in [1.165, 1.54) is 6.42 Å². The summed E-state index contributed by atoms with van der Waals surface area (Å²) in [6, 6.07) is 0. The Kier molecular flexibility index (Phi) is 3.50. The van der Waals surface area contributed by atoms with Gasteiger partial charge in [0.2, 0.25) is 5.91 Å². The van der Waals surface area contributed by atoms with Crippen LogP contribution in [0.4, 0.5) is 0 Å². The lowest BCUT2D eigenvalue weighted by molar-refractivity contribution is -0.133. The van der Waals surface area contributed by atoms with Gasteiger partial charge in [-0.25, -0.2) is 0 Å². The summed E-state index contributed by atoms with van der Waals surface area (Å²) in [4.78, 5) is 12.4. The molecule has 5 nitrogen and oxygen atoms in total. The second-order valence-corrected chi connectivity index (χ2v) is 6.00. The highest BCUT2D eigenvalue weighted by molar-refractivity contribution is 6.07. The fourth-order valence-electron chi connectivity index (χ4n) is 3.08. The molecular weight excluding hydrogens is 230 g/mol. The number of carbonyl (C=O) groups is 1. The van der Waals surface area contributed by atoms with Gasteiger partial charge in [0.25, 0.3) is 0 Å². The molecule has 4 N–H and O–H groups in total. The van der Waals surface area contributed by atoms with Crippen molar-refractivity contribution in [1.82, 2.24) is 5.32 Å². The molecule has 0 heterocycles. The summed E-state index contributed by atoms with van der Waals surface area (Å²) in [6.45, 7) is 2.10. The van der Waals surface area contributed by atoms with E-state index < -0.39 is 5.41 Å². The Morgan fingerprint density at radius 3 is 2.22 bits per heavy atom. The fourth-order valence-corrected chi connectivity index (χ4v) is 3.08. The van der Waals surface area contributed by atoms with Crippen LogP contribution in [0.15, 0.2) is 5.16 Å². The third-order valence-corrected chi connectivity index (χ3v) is 4.61. The molecule has 0 aromatic heterocycles. The van der Waals surface area contributed by atoms with Crippen molar-refractivity contribution in [3.8, 4) is 0 Å². The summed E-state index contributed by atoms with van der Waals surface area (Å²) < 4.78 is 0. The van der Waals surface area contributed by atoms with Crippen molar-refractivity contribution in [2.24, 2.45) is 16.3 Å². The van der Waals surface area contributed by atoms with Gasteiger partial charge in [-0.3, -0.25) is 4.79 Å². The Bertz CT molecular complexity index is 355.